The van der Waals surface area contributed by atoms with Gasteiger partial charge in [0.1, 0.15) is 0 Å². The fourth-order valence-corrected chi connectivity index (χ4v) is 2.10. The first-order chi connectivity index (χ1) is 6.92. The van der Waals surface area contributed by atoms with E-state index >= 15 is 0 Å². The van der Waals surface area contributed by atoms with E-state index in [0.717, 1.165) is 18.4 Å². The molecule has 1 aliphatic rings. The molecule has 82 valence electrons. The van der Waals surface area contributed by atoms with Gasteiger partial charge in [-0.05, 0) is 23.8 Å². The zero-order valence-electron chi connectivity index (χ0n) is 9.64. The average molecular weight is 252 g/mol. The van der Waals surface area contributed by atoms with E-state index in [-0.39, 0.29) is 56.8 Å². The SMILES string of the molecule is CC1(c2ccc([B-](F)(F)F)cc2)CCC1.[K+]. The zero-order valence-corrected chi connectivity index (χ0v) is 12.8. The van der Waals surface area contributed by atoms with Crippen molar-refractivity contribution >= 4 is 12.4 Å². The average Bonchev–Trinajstić information content (AvgIpc) is 2.13. The number of benzene rings is 1. The minimum Gasteiger partial charge on any atom is -0.445 e. The molecule has 0 nitrogen and oxygen atoms in total. The predicted molar refractivity (Wildman–Crippen MR) is 56.4 cm³/mol. The van der Waals surface area contributed by atoms with Gasteiger partial charge in [0.25, 0.3) is 0 Å². The Labute approximate surface area is 136 Å². The maximum Gasteiger partial charge on any atom is 1.00 e. The van der Waals surface area contributed by atoms with E-state index < -0.39 is 12.4 Å². The predicted octanol–water partition coefficient (Wildman–Crippen LogP) is 0.187. The Morgan fingerprint density at radius 3 is 1.88 bits per heavy atom. The largest absolute Gasteiger partial charge is 1.00 e. The second-order valence-corrected chi connectivity index (χ2v) is 4.61. The molecular formula is C11H13BF3K. The van der Waals surface area contributed by atoms with Gasteiger partial charge in [-0.25, -0.2) is 0 Å². The van der Waals surface area contributed by atoms with Crippen LogP contribution in [0, 0.1) is 0 Å². The summed E-state index contributed by atoms with van der Waals surface area (Å²) in [5.74, 6) is 0. The van der Waals surface area contributed by atoms with Gasteiger partial charge in [0.15, 0.2) is 0 Å². The summed E-state index contributed by atoms with van der Waals surface area (Å²) < 4.78 is 37.1. The molecule has 1 fully saturated rings. The van der Waals surface area contributed by atoms with Gasteiger partial charge in [-0.2, -0.15) is 0 Å². The van der Waals surface area contributed by atoms with Crippen LogP contribution in [0.5, 0.6) is 0 Å². The molecule has 0 saturated heterocycles. The molecule has 0 aliphatic heterocycles. The smallest absolute Gasteiger partial charge is 0.445 e. The van der Waals surface area contributed by atoms with E-state index in [2.05, 4.69) is 6.92 Å². The van der Waals surface area contributed by atoms with Crippen LogP contribution in [0.15, 0.2) is 24.3 Å². The van der Waals surface area contributed by atoms with Gasteiger partial charge in [-0.1, -0.05) is 37.6 Å². The van der Waals surface area contributed by atoms with Gasteiger partial charge in [-0.15, -0.1) is 5.46 Å². The van der Waals surface area contributed by atoms with Crippen LogP contribution in [-0.2, 0) is 5.41 Å². The summed E-state index contributed by atoms with van der Waals surface area (Å²) in [6.07, 6.45) is 3.36. The van der Waals surface area contributed by atoms with E-state index in [0.29, 0.717) is 0 Å². The van der Waals surface area contributed by atoms with Gasteiger partial charge >= 0.3 is 58.4 Å². The van der Waals surface area contributed by atoms with Gasteiger partial charge in [0, 0.05) is 0 Å². The van der Waals surface area contributed by atoms with Crippen LogP contribution >= 0.6 is 0 Å². The van der Waals surface area contributed by atoms with Crippen molar-refractivity contribution in [3.8, 4) is 0 Å². The summed E-state index contributed by atoms with van der Waals surface area (Å²) >= 11 is 0. The van der Waals surface area contributed by atoms with Crippen molar-refractivity contribution in [2.45, 2.75) is 31.6 Å². The van der Waals surface area contributed by atoms with Crippen molar-refractivity contribution in [3.63, 3.8) is 0 Å². The monoisotopic (exact) mass is 252 g/mol. The van der Waals surface area contributed by atoms with E-state index in [1.54, 1.807) is 12.1 Å². The van der Waals surface area contributed by atoms with E-state index in [1.807, 2.05) is 0 Å². The minimum atomic E-state index is -4.85. The first-order valence-corrected chi connectivity index (χ1v) is 5.22. The number of hydrogen-bond donors (Lipinski definition) is 0. The molecule has 1 aromatic carbocycles. The van der Waals surface area contributed by atoms with Gasteiger partial charge < -0.3 is 12.9 Å². The third-order valence-corrected chi connectivity index (χ3v) is 3.44. The summed E-state index contributed by atoms with van der Waals surface area (Å²) in [6.45, 7) is -2.73. The first kappa shape index (κ1) is 14.8. The molecule has 16 heavy (non-hydrogen) atoms. The standard InChI is InChI=1S/C11H13BF3.K/c1-11(7-2-8-11)9-3-5-10(6-4-9)12(13,14)15;/h3-6H,2,7-8H2,1H3;/q-1;+1. The first-order valence-electron chi connectivity index (χ1n) is 5.22. The maximum absolute atomic E-state index is 12.4. The van der Waals surface area contributed by atoms with Crippen LogP contribution in [0.25, 0.3) is 0 Å². The maximum atomic E-state index is 12.4. The quantitative estimate of drug-likeness (QED) is 0.659. The molecular weight excluding hydrogens is 239 g/mol. The molecule has 0 unspecified atom stereocenters. The van der Waals surface area contributed by atoms with Crippen molar-refractivity contribution in [2.75, 3.05) is 0 Å². The molecule has 2 rings (SSSR count). The number of rotatable bonds is 2. The summed E-state index contributed by atoms with van der Waals surface area (Å²) in [6, 6.07) is 5.67. The number of hydrogen-bond acceptors (Lipinski definition) is 0. The Morgan fingerprint density at radius 1 is 1.06 bits per heavy atom. The van der Waals surface area contributed by atoms with Crippen LogP contribution in [0.2, 0.25) is 0 Å². The Morgan fingerprint density at radius 2 is 1.56 bits per heavy atom. The Kier molecular flexibility index (Phi) is 4.75. The summed E-state index contributed by atoms with van der Waals surface area (Å²) in [4.78, 5) is 0. The normalized spacial score (nSPS) is 18.5. The third-order valence-electron chi connectivity index (χ3n) is 3.44. The fourth-order valence-electron chi connectivity index (χ4n) is 2.10. The summed E-state index contributed by atoms with van der Waals surface area (Å²) in [5, 5.41) is 0. The van der Waals surface area contributed by atoms with Crippen LogP contribution in [-0.4, -0.2) is 6.98 Å². The number of halogens is 3. The minimum absolute atomic E-state index is 0. The second kappa shape index (κ2) is 5.14. The van der Waals surface area contributed by atoms with Crippen LogP contribution in [0.3, 0.4) is 0 Å². The molecule has 0 aromatic heterocycles. The van der Waals surface area contributed by atoms with Crippen molar-refractivity contribution in [1.29, 1.82) is 0 Å². The van der Waals surface area contributed by atoms with Gasteiger partial charge in [0.2, 0.25) is 0 Å². The van der Waals surface area contributed by atoms with E-state index in [1.165, 1.54) is 18.6 Å². The molecule has 1 aromatic rings. The summed E-state index contributed by atoms with van der Waals surface area (Å²) in [5.41, 5.74) is 0.663. The van der Waals surface area contributed by atoms with Crippen LogP contribution in [0.4, 0.5) is 12.9 Å². The summed E-state index contributed by atoms with van der Waals surface area (Å²) in [7, 11) is 0. The topological polar surface area (TPSA) is 0 Å². The third kappa shape index (κ3) is 2.93. The molecule has 0 bridgehead atoms. The molecule has 1 aliphatic carbocycles. The van der Waals surface area contributed by atoms with E-state index in [4.69, 9.17) is 0 Å². The van der Waals surface area contributed by atoms with Crippen LogP contribution < -0.4 is 56.8 Å². The fraction of sp³-hybridized carbons (Fsp3) is 0.455. The van der Waals surface area contributed by atoms with Crippen molar-refractivity contribution in [1.82, 2.24) is 0 Å². The van der Waals surface area contributed by atoms with Crippen LogP contribution in [0.1, 0.15) is 31.7 Å². The van der Waals surface area contributed by atoms with Gasteiger partial charge in [-0.3, -0.25) is 0 Å². The van der Waals surface area contributed by atoms with Crippen molar-refractivity contribution in [3.05, 3.63) is 29.8 Å². The molecule has 0 amide bonds. The molecule has 5 heteroatoms. The molecule has 0 spiro atoms. The van der Waals surface area contributed by atoms with Gasteiger partial charge in [0.05, 0.1) is 0 Å². The van der Waals surface area contributed by atoms with E-state index in [9.17, 15) is 12.9 Å². The molecule has 0 N–H and O–H groups in total. The Balaban J connectivity index is 0.00000128. The molecule has 0 heterocycles. The Hall–Kier alpha value is 0.711. The van der Waals surface area contributed by atoms with Crippen molar-refractivity contribution < 1.29 is 64.3 Å². The molecule has 1 saturated carbocycles. The molecule has 0 atom stereocenters. The molecule has 0 radical (unpaired) electrons. The zero-order chi connectivity index (χ0) is 11.1. The second-order valence-electron chi connectivity index (χ2n) is 4.61. The van der Waals surface area contributed by atoms with Crippen molar-refractivity contribution in [2.24, 2.45) is 0 Å². The Bertz CT molecular complexity index is 354.